The van der Waals surface area contributed by atoms with Crippen molar-refractivity contribution in [2.45, 2.75) is 69.9 Å². The summed E-state index contributed by atoms with van der Waals surface area (Å²) in [6, 6.07) is 8.85. The Morgan fingerprint density at radius 3 is 2.41 bits per heavy atom. The number of anilines is 1. The van der Waals surface area contributed by atoms with Crippen LogP contribution < -0.4 is 10.6 Å². The highest BCUT2D eigenvalue weighted by Gasteiger charge is 2.58. The molecule has 0 spiro atoms. The molecule has 1 aromatic rings. The zero-order chi connectivity index (χ0) is 20.8. The van der Waals surface area contributed by atoms with Crippen molar-refractivity contribution >= 4 is 23.0 Å². The minimum atomic E-state index is -0.741. The zero-order valence-electron chi connectivity index (χ0n) is 16.8. The summed E-state index contributed by atoms with van der Waals surface area (Å²) in [5, 5.41) is 15.8. The maximum Gasteiger partial charge on any atom is 0.189 e. The van der Waals surface area contributed by atoms with Crippen LogP contribution in [0.15, 0.2) is 24.3 Å². The first-order chi connectivity index (χ1) is 13.7. The summed E-state index contributed by atoms with van der Waals surface area (Å²) in [4.78, 5) is 0. The van der Waals surface area contributed by atoms with Crippen LogP contribution in [0.25, 0.3) is 0 Å². The Bertz CT molecular complexity index is 822. The molecule has 4 rings (SSSR count). The summed E-state index contributed by atoms with van der Waals surface area (Å²) < 4.78 is 29.9. The molecular formula is C20H25N3O5S. The van der Waals surface area contributed by atoms with E-state index in [1.54, 1.807) is 24.3 Å². The number of hydrogen-bond acceptors (Lipinski definition) is 7. The van der Waals surface area contributed by atoms with Gasteiger partial charge in [-0.2, -0.15) is 5.26 Å². The van der Waals surface area contributed by atoms with E-state index < -0.39 is 17.9 Å². The smallest absolute Gasteiger partial charge is 0.189 e. The quantitative estimate of drug-likeness (QED) is 0.715. The first kappa shape index (κ1) is 20.5. The Labute approximate surface area is 175 Å². The fourth-order valence-corrected chi connectivity index (χ4v) is 4.09. The van der Waals surface area contributed by atoms with Gasteiger partial charge >= 0.3 is 0 Å². The monoisotopic (exact) mass is 419 g/mol. The summed E-state index contributed by atoms with van der Waals surface area (Å²) in [7, 11) is 0. The highest BCUT2D eigenvalue weighted by atomic mass is 32.1. The Kier molecular flexibility index (Phi) is 5.27. The Balaban J connectivity index is 1.47. The van der Waals surface area contributed by atoms with Crippen molar-refractivity contribution in [1.29, 1.82) is 5.26 Å². The second kappa shape index (κ2) is 7.47. The van der Waals surface area contributed by atoms with Crippen LogP contribution in [0, 0.1) is 11.3 Å². The summed E-state index contributed by atoms with van der Waals surface area (Å²) in [5.41, 5.74) is 1.36. The van der Waals surface area contributed by atoms with Crippen LogP contribution in [-0.4, -0.2) is 53.9 Å². The highest BCUT2D eigenvalue weighted by molar-refractivity contribution is 7.80. The van der Waals surface area contributed by atoms with Gasteiger partial charge in [0.25, 0.3) is 0 Å². The predicted octanol–water partition coefficient (Wildman–Crippen LogP) is 2.24. The van der Waals surface area contributed by atoms with Crippen LogP contribution in [0.2, 0.25) is 0 Å². The van der Waals surface area contributed by atoms with E-state index in [1.165, 1.54) is 0 Å². The van der Waals surface area contributed by atoms with E-state index in [0.29, 0.717) is 17.3 Å². The molecule has 29 heavy (non-hydrogen) atoms. The molecule has 3 aliphatic heterocycles. The van der Waals surface area contributed by atoms with Crippen molar-refractivity contribution < 1.29 is 23.7 Å². The van der Waals surface area contributed by atoms with E-state index in [-0.39, 0.29) is 24.4 Å². The standard InChI is InChI=1S/C20H25N3O5S/c1-19(2)24-10-13(26-19)15-14(16-17(25-15)28-20(3,4)27-16)23-18(29)22-12-7-5-11(9-21)6-8-12/h5-8,13-17H,10H2,1-4H3,(H2,22,23,29)/t13-,14-,15-,16-,17-/m1/s1. The number of hydrogen-bond donors (Lipinski definition) is 2. The molecule has 0 unspecified atom stereocenters. The maximum absolute atomic E-state index is 8.93. The summed E-state index contributed by atoms with van der Waals surface area (Å²) >= 11 is 5.51. The van der Waals surface area contributed by atoms with E-state index >= 15 is 0 Å². The third-order valence-electron chi connectivity index (χ3n) is 5.05. The van der Waals surface area contributed by atoms with Crippen LogP contribution in [0.5, 0.6) is 0 Å². The number of ether oxygens (including phenoxy) is 5. The molecule has 5 atom stereocenters. The molecule has 0 amide bonds. The van der Waals surface area contributed by atoms with E-state index in [2.05, 4.69) is 16.7 Å². The van der Waals surface area contributed by atoms with Crippen molar-refractivity contribution in [3.63, 3.8) is 0 Å². The molecule has 3 fully saturated rings. The first-order valence-corrected chi connectivity index (χ1v) is 9.97. The van der Waals surface area contributed by atoms with Gasteiger partial charge in [-0.1, -0.05) is 0 Å². The van der Waals surface area contributed by atoms with Crippen LogP contribution >= 0.6 is 12.2 Å². The number of thiocarbonyl (C=S) groups is 1. The topological polar surface area (TPSA) is 94.0 Å². The Morgan fingerprint density at radius 2 is 1.79 bits per heavy atom. The molecule has 0 aliphatic carbocycles. The number of nitriles is 1. The van der Waals surface area contributed by atoms with Gasteiger partial charge in [0.05, 0.1) is 24.3 Å². The van der Waals surface area contributed by atoms with E-state index in [9.17, 15) is 0 Å². The lowest BCUT2D eigenvalue weighted by molar-refractivity contribution is -0.223. The van der Waals surface area contributed by atoms with Crippen molar-refractivity contribution in [3.05, 3.63) is 29.8 Å². The average Bonchev–Trinajstić information content (AvgIpc) is 3.26. The molecule has 3 saturated heterocycles. The Hall–Kier alpha value is -1.80. The molecule has 3 heterocycles. The number of benzene rings is 1. The number of rotatable bonds is 3. The molecular weight excluding hydrogens is 394 g/mol. The third kappa shape index (κ3) is 4.38. The normalized spacial score (nSPS) is 34.4. The summed E-state index contributed by atoms with van der Waals surface area (Å²) in [6.45, 7) is 7.87. The second-order valence-electron chi connectivity index (χ2n) is 8.25. The van der Waals surface area contributed by atoms with E-state index in [0.717, 1.165) is 5.69 Å². The second-order valence-corrected chi connectivity index (χ2v) is 8.66. The molecule has 3 aliphatic rings. The number of nitrogens with zero attached hydrogens (tertiary/aromatic N) is 1. The van der Waals surface area contributed by atoms with Gasteiger partial charge in [-0.15, -0.1) is 0 Å². The number of fused-ring (bicyclic) bond motifs is 1. The average molecular weight is 420 g/mol. The maximum atomic E-state index is 8.93. The SMILES string of the molecule is CC1(C)O[C@H]2O[C@H]([C@H]3COC(C)(C)O3)[C@@H](NC(=S)Nc3ccc(C#N)cc3)[C@H]2O1. The van der Waals surface area contributed by atoms with Crippen LogP contribution in [0.4, 0.5) is 5.69 Å². The van der Waals surface area contributed by atoms with Crippen LogP contribution in [-0.2, 0) is 23.7 Å². The molecule has 1 aromatic carbocycles. The van der Waals surface area contributed by atoms with Gasteiger partial charge in [-0.05, 0) is 64.2 Å². The molecule has 2 N–H and O–H groups in total. The van der Waals surface area contributed by atoms with Crippen LogP contribution in [0.1, 0.15) is 33.3 Å². The first-order valence-electron chi connectivity index (χ1n) is 9.56. The molecule has 9 heteroatoms. The highest BCUT2D eigenvalue weighted by Crippen LogP contribution is 2.40. The van der Waals surface area contributed by atoms with Crippen LogP contribution in [0.3, 0.4) is 0 Å². The van der Waals surface area contributed by atoms with Gasteiger partial charge in [-0.3, -0.25) is 0 Å². The molecule has 0 aromatic heterocycles. The van der Waals surface area contributed by atoms with Gasteiger partial charge in [0, 0.05) is 5.69 Å². The molecule has 0 radical (unpaired) electrons. The minimum Gasteiger partial charge on any atom is -0.354 e. The Morgan fingerprint density at radius 1 is 1.07 bits per heavy atom. The molecule has 0 saturated carbocycles. The largest absolute Gasteiger partial charge is 0.354 e. The van der Waals surface area contributed by atoms with Crippen molar-refractivity contribution in [2.24, 2.45) is 0 Å². The summed E-state index contributed by atoms with van der Waals surface area (Å²) in [5.74, 6) is -1.41. The van der Waals surface area contributed by atoms with E-state index in [4.69, 9.17) is 41.2 Å². The van der Waals surface area contributed by atoms with Gasteiger partial charge in [0.15, 0.2) is 23.0 Å². The lowest BCUT2D eigenvalue weighted by Crippen LogP contribution is -2.53. The summed E-state index contributed by atoms with van der Waals surface area (Å²) in [6.07, 6.45) is -1.50. The van der Waals surface area contributed by atoms with Crippen molar-refractivity contribution in [2.75, 3.05) is 11.9 Å². The van der Waals surface area contributed by atoms with Crippen molar-refractivity contribution in [1.82, 2.24) is 5.32 Å². The fourth-order valence-electron chi connectivity index (χ4n) is 3.84. The molecule has 8 nitrogen and oxygen atoms in total. The molecule has 156 valence electrons. The van der Waals surface area contributed by atoms with Gasteiger partial charge in [-0.25, -0.2) is 0 Å². The zero-order valence-corrected chi connectivity index (χ0v) is 17.6. The minimum absolute atomic E-state index is 0.277. The van der Waals surface area contributed by atoms with Gasteiger partial charge in [0.1, 0.15) is 18.3 Å². The lowest BCUT2D eigenvalue weighted by Gasteiger charge is -2.30. The molecule has 0 bridgehead atoms. The fraction of sp³-hybridized carbons (Fsp3) is 0.600. The number of nitrogens with one attached hydrogen (secondary N) is 2. The van der Waals surface area contributed by atoms with Gasteiger partial charge in [0.2, 0.25) is 0 Å². The van der Waals surface area contributed by atoms with Crippen molar-refractivity contribution in [3.8, 4) is 6.07 Å². The lowest BCUT2D eigenvalue weighted by atomic mass is 10.0. The third-order valence-corrected chi connectivity index (χ3v) is 5.27. The predicted molar refractivity (Wildman–Crippen MR) is 108 cm³/mol. The van der Waals surface area contributed by atoms with E-state index in [1.807, 2.05) is 27.7 Å². The van der Waals surface area contributed by atoms with Gasteiger partial charge < -0.3 is 34.3 Å².